The molecule has 1 saturated carbocycles. The fourth-order valence-electron chi connectivity index (χ4n) is 4.22. The summed E-state index contributed by atoms with van der Waals surface area (Å²) in [5.74, 6) is 0.416. The molecule has 0 bridgehead atoms. The molecule has 2 atom stereocenters. The number of amidine groups is 1. The summed E-state index contributed by atoms with van der Waals surface area (Å²) in [7, 11) is -3.49. The van der Waals surface area contributed by atoms with E-state index in [0.29, 0.717) is 24.4 Å². The van der Waals surface area contributed by atoms with E-state index in [1.54, 1.807) is 18.2 Å². The zero-order valence-corrected chi connectivity index (χ0v) is 14.7. The molecule has 0 unspecified atom stereocenters. The van der Waals surface area contributed by atoms with Crippen LogP contribution in [0.15, 0.2) is 34.2 Å². The van der Waals surface area contributed by atoms with E-state index >= 15 is 0 Å². The Balaban J connectivity index is 1.87. The number of aliphatic hydroxyl groups excluding tert-OH is 1. The SMILES string of the molecule is CC1(C)C[C@H](O)C[C@](C)(CN=C2NS(=O)(=O)c3ccccc32)C1. The molecule has 0 radical (unpaired) electrons. The van der Waals surface area contributed by atoms with Crippen molar-refractivity contribution in [3.8, 4) is 0 Å². The minimum absolute atomic E-state index is 0.0691. The molecule has 23 heavy (non-hydrogen) atoms. The smallest absolute Gasteiger partial charge is 0.263 e. The van der Waals surface area contributed by atoms with Crippen LogP contribution < -0.4 is 4.72 Å². The summed E-state index contributed by atoms with van der Waals surface area (Å²) in [6.07, 6.45) is 2.13. The van der Waals surface area contributed by atoms with Gasteiger partial charge in [-0.3, -0.25) is 9.71 Å². The lowest BCUT2D eigenvalue weighted by atomic mass is 9.63. The number of aliphatic hydroxyl groups is 1. The van der Waals surface area contributed by atoms with E-state index in [2.05, 4.69) is 30.5 Å². The highest BCUT2D eigenvalue weighted by atomic mass is 32.2. The molecule has 5 nitrogen and oxygen atoms in total. The molecular formula is C17H24N2O3S. The lowest BCUT2D eigenvalue weighted by Crippen LogP contribution is -2.40. The number of rotatable bonds is 2. The molecular weight excluding hydrogens is 312 g/mol. The number of hydrogen-bond acceptors (Lipinski definition) is 4. The van der Waals surface area contributed by atoms with Crippen molar-refractivity contribution in [2.75, 3.05) is 6.54 Å². The van der Waals surface area contributed by atoms with Crippen LogP contribution in [0, 0.1) is 10.8 Å². The van der Waals surface area contributed by atoms with E-state index in [1.165, 1.54) is 0 Å². The van der Waals surface area contributed by atoms with Crippen molar-refractivity contribution in [2.24, 2.45) is 15.8 Å². The Bertz CT molecular complexity index is 755. The Morgan fingerprint density at radius 3 is 2.65 bits per heavy atom. The zero-order valence-electron chi connectivity index (χ0n) is 13.8. The topological polar surface area (TPSA) is 78.8 Å². The third kappa shape index (κ3) is 3.28. The summed E-state index contributed by atoms with van der Waals surface area (Å²) in [6, 6.07) is 6.89. The highest BCUT2D eigenvalue weighted by Crippen LogP contribution is 2.46. The van der Waals surface area contributed by atoms with Gasteiger partial charge in [0.1, 0.15) is 5.84 Å². The van der Waals surface area contributed by atoms with Crippen LogP contribution in [0.5, 0.6) is 0 Å². The largest absolute Gasteiger partial charge is 0.393 e. The predicted molar refractivity (Wildman–Crippen MR) is 89.9 cm³/mol. The molecule has 0 aromatic heterocycles. The normalized spacial score (nSPS) is 33.2. The van der Waals surface area contributed by atoms with E-state index in [9.17, 15) is 13.5 Å². The van der Waals surface area contributed by atoms with Gasteiger partial charge in [-0.25, -0.2) is 8.42 Å². The number of aliphatic imine (C=N–C) groups is 1. The molecule has 1 heterocycles. The van der Waals surface area contributed by atoms with Crippen molar-refractivity contribution in [3.05, 3.63) is 29.8 Å². The van der Waals surface area contributed by atoms with E-state index in [4.69, 9.17) is 0 Å². The molecule has 1 aliphatic heterocycles. The van der Waals surface area contributed by atoms with Crippen LogP contribution in [0.4, 0.5) is 0 Å². The van der Waals surface area contributed by atoms with Gasteiger partial charge in [-0.15, -0.1) is 0 Å². The zero-order chi connectivity index (χ0) is 16.9. The van der Waals surface area contributed by atoms with Crippen molar-refractivity contribution < 1.29 is 13.5 Å². The van der Waals surface area contributed by atoms with Crippen LogP contribution in [0.1, 0.15) is 45.6 Å². The maximum atomic E-state index is 12.1. The Kier molecular flexibility index (Phi) is 3.80. The summed E-state index contributed by atoms with van der Waals surface area (Å²) in [4.78, 5) is 4.86. The summed E-state index contributed by atoms with van der Waals surface area (Å²) in [5, 5.41) is 10.2. The molecule has 1 aromatic carbocycles. The van der Waals surface area contributed by atoms with E-state index in [-0.39, 0.29) is 21.8 Å². The average molecular weight is 336 g/mol. The molecule has 0 spiro atoms. The van der Waals surface area contributed by atoms with Gasteiger partial charge in [-0.05, 0) is 42.2 Å². The maximum Gasteiger partial charge on any atom is 0.263 e. The molecule has 126 valence electrons. The van der Waals surface area contributed by atoms with Crippen molar-refractivity contribution in [3.63, 3.8) is 0 Å². The molecule has 1 aliphatic carbocycles. The van der Waals surface area contributed by atoms with Gasteiger partial charge in [0, 0.05) is 12.1 Å². The highest BCUT2D eigenvalue weighted by Gasteiger charge is 2.41. The van der Waals surface area contributed by atoms with Gasteiger partial charge in [-0.2, -0.15) is 0 Å². The van der Waals surface area contributed by atoms with Crippen LogP contribution in [0.25, 0.3) is 0 Å². The molecule has 3 rings (SSSR count). The minimum atomic E-state index is -3.49. The second-order valence-electron chi connectivity index (χ2n) is 7.98. The van der Waals surface area contributed by atoms with Crippen molar-refractivity contribution in [2.45, 2.75) is 51.0 Å². The molecule has 1 fully saturated rings. The monoisotopic (exact) mass is 336 g/mol. The van der Waals surface area contributed by atoms with Crippen LogP contribution >= 0.6 is 0 Å². The fraction of sp³-hybridized carbons (Fsp3) is 0.588. The molecule has 2 aliphatic rings. The lowest BCUT2D eigenvalue weighted by molar-refractivity contribution is -0.00478. The van der Waals surface area contributed by atoms with Crippen LogP contribution in [0.3, 0.4) is 0 Å². The minimum Gasteiger partial charge on any atom is -0.393 e. The van der Waals surface area contributed by atoms with Crippen molar-refractivity contribution >= 4 is 15.9 Å². The van der Waals surface area contributed by atoms with Gasteiger partial charge < -0.3 is 5.11 Å². The van der Waals surface area contributed by atoms with Gasteiger partial charge in [0.25, 0.3) is 10.0 Å². The number of nitrogens with zero attached hydrogens (tertiary/aromatic N) is 1. The van der Waals surface area contributed by atoms with E-state index in [0.717, 1.165) is 12.8 Å². The first-order chi connectivity index (χ1) is 10.6. The number of benzene rings is 1. The number of hydrogen-bond donors (Lipinski definition) is 2. The Morgan fingerprint density at radius 2 is 1.96 bits per heavy atom. The van der Waals surface area contributed by atoms with Crippen molar-refractivity contribution in [1.29, 1.82) is 0 Å². The first kappa shape index (κ1) is 16.5. The predicted octanol–water partition coefficient (Wildman–Crippen LogP) is 2.30. The van der Waals surface area contributed by atoms with E-state index in [1.807, 2.05) is 6.07 Å². The highest BCUT2D eigenvalue weighted by molar-refractivity contribution is 7.90. The quantitative estimate of drug-likeness (QED) is 0.870. The summed E-state index contributed by atoms with van der Waals surface area (Å²) in [5.41, 5.74) is 0.573. The molecule has 6 heteroatoms. The number of fused-ring (bicyclic) bond motifs is 1. The maximum absolute atomic E-state index is 12.1. The summed E-state index contributed by atoms with van der Waals surface area (Å²) >= 11 is 0. The molecule has 2 N–H and O–H groups in total. The summed E-state index contributed by atoms with van der Waals surface area (Å²) in [6.45, 7) is 6.94. The first-order valence-corrected chi connectivity index (χ1v) is 9.43. The molecule has 1 aromatic rings. The average Bonchev–Trinajstić information content (AvgIpc) is 2.66. The Morgan fingerprint density at radius 1 is 1.26 bits per heavy atom. The van der Waals surface area contributed by atoms with Gasteiger partial charge >= 0.3 is 0 Å². The van der Waals surface area contributed by atoms with Gasteiger partial charge in [0.05, 0.1) is 11.0 Å². The summed E-state index contributed by atoms with van der Waals surface area (Å²) < 4.78 is 26.8. The van der Waals surface area contributed by atoms with Gasteiger partial charge in [0.15, 0.2) is 0 Å². The van der Waals surface area contributed by atoms with Crippen LogP contribution in [-0.4, -0.2) is 32.0 Å². The van der Waals surface area contributed by atoms with E-state index < -0.39 is 10.0 Å². The third-order valence-corrected chi connectivity index (χ3v) is 6.10. The first-order valence-electron chi connectivity index (χ1n) is 7.95. The molecule has 0 amide bonds. The Labute approximate surface area is 137 Å². The van der Waals surface area contributed by atoms with Gasteiger partial charge in [0.2, 0.25) is 0 Å². The van der Waals surface area contributed by atoms with Crippen LogP contribution in [-0.2, 0) is 10.0 Å². The third-order valence-electron chi connectivity index (χ3n) is 4.70. The second kappa shape index (κ2) is 5.31. The second-order valence-corrected chi connectivity index (χ2v) is 9.63. The fourth-order valence-corrected chi connectivity index (χ4v) is 5.47. The van der Waals surface area contributed by atoms with Gasteiger partial charge in [-0.1, -0.05) is 32.9 Å². The number of nitrogens with one attached hydrogen (secondary N) is 1. The van der Waals surface area contributed by atoms with Crippen molar-refractivity contribution in [1.82, 2.24) is 4.72 Å². The molecule has 0 saturated heterocycles. The number of sulfonamides is 1. The standard InChI is InChI=1S/C17H24N2O3S/c1-16(2)8-12(20)9-17(3,10-16)11-18-15-13-6-4-5-7-14(13)23(21,22)19-15/h4-7,12,20H,8-11H2,1-3H3,(H,18,19)/t12-,17-/m0/s1. The Hall–Kier alpha value is -1.40. The lowest BCUT2D eigenvalue weighted by Gasteiger charge is -2.44. The van der Waals surface area contributed by atoms with Crippen LogP contribution in [0.2, 0.25) is 0 Å².